The van der Waals surface area contributed by atoms with Gasteiger partial charge in [-0.3, -0.25) is 0 Å². The Bertz CT molecular complexity index is 586. The lowest BCUT2D eigenvalue weighted by Gasteiger charge is -2.20. The molecule has 3 N–H and O–H groups in total. The zero-order valence-electron chi connectivity index (χ0n) is 12.2. The Morgan fingerprint density at radius 2 is 2.05 bits per heavy atom. The van der Waals surface area contributed by atoms with E-state index in [1.54, 1.807) is 12.1 Å². The summed E-state index contributed by atoms with van der Waals surface area (Å²) < 4.78 is 27.9. The summed E-state index contributed by atoms with van der Waals surface area (Å²) in [4.78, 5) is 2.59. The fourth-order valence-corrected chi connectivity index (χ4v) is 3.94. The maximum Gasteiger partial charge on any atom is 0.240 e. The second kappa shape index (κ2) is 7.09. The number of sulfonamides is 1. The molecule has 5 nitrogen and oxygen atoms in total. The molecule has 1 saturated heterocycles. The molecule has 1 aliphatic heterocycles. The minimum atomic E-state index is -3.50. The molecule has 1 aliphatic rings. The minimum Gasteiger partial charge on any atom is -0.398 e. The molecule has 0 radical (unpaired) electrons. The topological polar surface area (TPSA) is 75.4 Å². The number of nitrogens with one attached hydrogen (secondary N) is 1. The van der Waals surface area contributed by atoms with Gasteiger partial charge in [0.25, 0.3) is 0 Å². The molecule has 21 heavy (non-hydrogen) atoms. The smallest absolute Gasteiger partial charge is 0.240 e. The van der Waals surface area contributed by atoms with Crippen LogP contribution in [0.15, 0.2) is 27.6 Å². The van der Waals surface area contributed by atoms with Crippen molar-refractivity contribution in [1.82, 2.24) is 9.62 Å². The van der Waals surface area contributed by atoms with Crippen molar-refractivity contribution in [2.45, 2.75) is 24.7 Å². The first kappa shape index (κ1) is 16.7. The van der Waals surface area contributed by atoms with Crippen LogP contribution >= 0.6 is 15.9 Å². The number of halogens is 1. The van der Waals surface area contributed by atoms with Gasteiger partial charge in [0.15, 0.2) is 0 Å². The SMILES string of the molecule is CC(CNS(=O)(=O)c1ccc(Br)c(N)c1)CN1CCCC1. The lowest BCUT2D eigenvalue weighted by atomic mass is 10.2. The molecule has 1 aromatic rings. The van der Waals surface area contributed by atoms with E-state index >= 15 is 0 Å². The maximum atomic E-state index is 12.2. The van der Waals surface area contributed by atoms with Gasteiger partial charge in [-0.1, -0.05) is 6.92 Å². The highest BCUT2D eigenvalue weighted by Gasteiger charge is 2.18. The Balaban J connectivity index is 1.92. The normalized spacial score (nSPS) is 18.0. The lowest BCUT2D eigenvalue weighted by Crippen LogP contribution is -2.34. The van der Waals surface area contributed by atoms with Crippen LogP contribution in [-0.4, -0.2) is 39.5 Å². The average molecular weight is 376 g/mol. The summed E-state index contributed by atoms with van der Waals surface area (Å²) in [7, 11) is -3.50. The number of hydrogen-bond donors (Lipinski definition) is 2. The van der Waals surface area contributed by atoms with E-state index in [2.05, 4.69) is 32.5 Å². The fourth-order valence-electron chi connectivity index (χ4n) is 2.49. The second-order valence-corrected chi connectivity index (χ2v) is 8.27. The molecule has 1 fully saturated rings. The molecule has 1 aromatic carbocycles. The Kier molecular flexibility index (Phi) is 5.65. The summed E-state index contributed by atoms with van der Waals surface area (Å²) in [6.45, 7) is 5.69. The van der Waals surface area contributed by atoms with Gasteiger partial charge in [-0.05, 0) is 66.0 Å². The predicted molar refractivity (Wildman–Crippen MR) is 88.6 cm³/mol. The lowest BCUT2D eigenvalue weighted by molar-refractivity contribution is 0.288. The third-order valence-electron chi connectivity index (χ3n) is 3.67. The van der Waals surface area contributed by atoms with Crippen LogP contribution in [0.25, 0.3) is 0 Å². The van der Waals surface area contributed by atoms with Crippen molar-refractivity contribution in [3.63, 3.8) is 0 Å². The molecule has 0 saturated carbocycles. The highest BCUT2D eigenvalue weighted by atomic mass is 79.9. The molecule has 1 atom stereocenters. The van der Waals surface area contributed by atoms with E-state index in [-0.39, 0.29) is 10.8 Å². The van der Waals surface area contributed by atoms with Crippen LogP contribution in [0.5, 0.6) is 0 Å². The molecule has 7 heteroatoms. The van der Waals surface area contributed by atoms with E-state index in [1.165, 1.54) is 18.9 Å². The average Bonchev–Trinajstić information content (AvgIpc) is 2.92. The van der Waals surface area contributed by atoms with Crippen LogP contribution in [0.4, 0.5) is 5.69 Å². The van der Waals surface area contributed by atoms with Crippen LogP contribution in [-0.2, 0) is 10.0 Å². The van der Waals surface area contributed by atoms with Crippen molar-refractivity contribution in [2.75, 3.05) is 31.9 Å². The second-order valence-electron chi connectivity index (χ2n) is 5.65. The molecule has 1 heterocycles. The summed E-state index contributed by atoms with van der Waals surface area (Å²) in [5.74, 6) is 0.283. The monoisotopic (exact) mass is 375 g/mol. The number of benzene rings is 1. The summed E-state index contributed by atoms with van der Waals surface area (Å²) >= 11 is 3.26. The fraction of sp³-hybridized carbons (Fsp3) is 0.571. The number of anilines is 1. The van der Waals surface area contributed by atoms with Crippen molar-refractivity contribution >= 4 is 31.6 Å². The highest BCUT2D eigenvalue weighted by Crippen LogP contribution is 2.22. The molecule has 0 amide bonds. The summed E-state index contributed by atoms with van der Waals surface area (Å²) in [5, 5.41) is 0. The minimum absolute atomic E-state index is 0.205. The van der Waals surface area contributed by atoms with Crippen molar-refractivity contribution in [3.8, 4) is 0 Å². The Labute approximate surface area is 135 Å². The van der Waals surface area contributed by atoms with Crippen LogP contribution < -0.4 is 10.5 Å². The number of nitrogens with two attached hydrogens (primary N) is 1. The van der Waals surface area contributed by atoms with Crippen LogP contribution in [0.1, 0.15) is 19.8 Å². The Morgan fingerprint density at radius 3 is 2.67 bits per heavy atom. The number of rotatable bonds is 6. The molecule has 1 unspecified atom stereocenters. The molecule has 2 rings (SSSR count). The van der Waals surface area contributed by atoms with E-state index in [4.69, 9.17) is 5.73 Å². The van der Waals surface area contributed by atoms with Gasteiger partial charge < -0.3 is 10.6 Å². The van der Waals surface area contributed by atoms with Gasteiger partial charge in [0, 0.05) is 23.2 Å². The molecular weight excluding hydrogens is 354 g/mol. The number of hydrogen-bond acceptors (Lipinski definition) is 4. The van der Waals surface area contributed by atoms with Crippen LogP contribution in [0.2, 0.25) is 0 Å². The van der Waals surface area contributed by atoms with Crippen molar-refractivity contribution in [1.29, 1.82) is 0 Å². The molecular formula is C14H22BrN3O2S. The van der Waals surface area contributed by atoms with Gasteiger partial charge in [-0.25, -0.2) is 13.1 Å². The Hall–Kier alpha value is -0.630. The Morgan fingerprint density at radius 1 is 1.38 bits per heavy atom. The third-order valence-corrected chi connectivity index (χ3v) is 5.81. The first-order valence-corrected chi connectivity index (χ1v) is 9.43. The summed E-state index contributed by atoms with van der Waals surface area (Å²) in [5.41, 5.74) is 6.16. The van der Waals surface area contributed by atoms with Gasteiger partial charge in [0.1, 0.15) is 0 Å². The molecule has 0 aliphatic carbocycles. The van der Waals surface area contributed by atoms with Gasteiger partial charge in [-0.2, -0.15) is 0 Å². The zero-order valence-corrected chi connectivity index (χ0v) is 14.6. The maximum absolute atomic E-state index is 12.2. The molecule has 118 valence electrons. The van der Waals surface area contributed by atoms with E-state index in [1.807, 2.05) is 0 Å². The van der Waals surface area contributed by atoms with Gasteiger partial charge in [0.05, 0.1) is 4.90 Å². The van der Waals surface area contributed by atoms with Crippen LogP contribution in [0, 0.1) is 5.92 Å². The number of likely N-dealkylation sites (tertiary alicyclic amines) is 1. The zero-order chi connectivity index (χ0) is 15.5. The van der Waals surface area contributed by atoms with E-state index in [0.717, 1.165) is 19.6 Å². The van der Waals surface area contributed by atoms with E-state index in [0.29, 0.717) is 16.7 Å². The van der Waals surface area contributed by atoms with Crippen molar-refractivity contribution < 1.29 is 8.42 Å². The summed E-state index contributed by atoms with van der Waals surface area (Å²) in [6.07, 6.45) is 2.49. The van der Waals surface area contributed by atoms with E-state index < -0.39 is 10.0 Å². The van der Waals surface area contributed by atoms with Gasteiger partial charge in [0.2, 0.25) is 10.0 Å². The van der Waals surface area contributed by atoms with Gasteiger partial charge >= 0.3 is 0 Å². The van der Waals surface area contributed by atoms with E-state index in [9.17, 15) is 8.42 Å². The first-order chi connectivity index (χ1) is 9.88. The number of nitrogen functional groups attached to an aromatic ring is 1. The molecule has 0 bridgehead atoms. The standard InChI is InChI=1S/C14H22BrN3O2S/c1-11(10-18-6-2-3-7-18)9-17-21(19,20)12-4-5-13(15)14(16)8-12/h4-5,8,11,17H,2-3,6-7,9-10,16H2,1H3. The first-order valence-electron chi connectivity index (χ1n) is 7.15. The van der Waals surface area contributed by atoms with Crippen molar-refractivity contribution in [2.24, 2.45) is 5.92 Å². The molecule has 0 aromatic heterocycles. The largest absolute Gasteiger partial charge is 0.398 e. The quantitative estimate of drug-likeness (QED) is 0.745. The highest BCUT2D eigenvalue weighted by molar-refractivity contribution is 9.10. The molecule has 0 spiro atoms. The van der Waals surface area contributed by atoms with Gasteiger partial charge in [-0.15, -0.1) is 0 Å². The number of nitrogens with zero attached hydrogens (tertiary/aromatic N) is 1. The summed E-state index contributed by atoms with van der Waals surface area (Å²) in [6, 6.07) is 4.67. The van der Waals surface area contributed by atoms with Crippen molar-refractivity contribution in [3.05, 3.63) is 22.7 Å². The predicted octanol–water partition coefficient (Wildman–Crippen LogP) is 2.04. The third kappa shape index (κ3) is 4.67. The van der Waals surface area contributed by atoms with Crippen LogP contribution in [0.3, 0.4) is 0 Å².